The minimum Gasteiger partial charge on any atom is -0.494 e. The zero-order valence-corrected chi connectivity index (χ0v) is 32.4. The van der Waals surface area contributed by atoms with Crippen LogP contribution in [0.5, 0.6) is 17.2 Å². The highest BCUT2D eigenvalue weighted by Crippen LogP contribution is 2.31. The molecule has 1 aliphatic heterocycles. The number of hydrogen-bond acceptors (Lipinski definition) is 10. The Morgan fingerprint density at radius 3 is 2.37 bits per heavy atom. The molecule has 1 amide bonds. The SMILES string of the molecule is CCOc1cccc(Cn2ncc3c(N4CCN(C(=O)c5ccc(OCC(CC)CN(C)C)c(OCCN(C(C)C)C(C)C)c5)CC4)ncnc32)c1. The number of benzene rings is 2. The Morgan fingerprint density at radius 1 is 0.904 bits per heavy atom. The molecule has 2 aromatic heterocycles. The second-order valence-electron chi connectivity index (χ2n) is 14.4. The van der Waals surface area contributed by atoms with Gasteiger partial charge in [0.05, 0.1) is 31.3 Å². The lowest BCUT2D eigenvalue weighted by atomic mass is 10.1. The average Bonchev–Trinajstić information content (AvgIpc) is 3.54. The fourth-order valence-corrected chi connectivity index (χ4v) is 6.90. The fraction of sp³-hybridized carbons (Fsp3) is 0.550. The Bertz CT molecular complexity index is 1730. The van der Waals surface area contributed by atoms with Gasteiger partial charge in [-0.2, -0.15) is 5.10 Å². The van der Waals surface area contributed by atoms with Crippen LogP contribution in [0.4, 0.5) is 5.82 Å². The van der Waals surface area contributed by atoms with Crippen molar-refractivity contribution in [2.24, 2.45) is 5.92 Å². The van der Waals surface area contributed by atoms with E-state index in [2.05, 4.69) is 84.5 Å². The molecule has 2 aromatic carbocycles. The summed E-state index contributed by atoms with van der Waals surface area (Å²) in [6.07, 6.45) is 4.45. The van der Waals surface area contributed by atoms with Crippen molar-refractivity contribution in [1.82, 2.24) is 34.4 Å². The van der Waals surface area contributed by atoms with Crippen molar-refractivity contribution in [3.63, 3.8) is 0 Å². The monoisotopic (exact) mass is 714 g/mol. The van der Waals surface area contributed by atoms with E-state index in [9.17, 15) is 4.79 Å². The number of aromatic nitrogens is 4. The van der Waals surface area contributed by atoms with Crippen LogP contribution in [0.15, 0.2) is 55.0 Å². The van der Waals surface area contributed by atoms with Crippen LogP contribution in [0.25, 0.3) is 11.0 Å². The first-order chi connectivity index (χ1) is 25.1. The number of nitrogens with zero attached hydrogens (tertiary/aromatic N) is 8. The quantitative estimate of drug-likeness (QED) is 0.128. The number of carbonyl (C=O) groups excluding carboxylic acids is 1. The van der Waals surface area contributed by atoms with E-state index in [0.717, 1.165) is 47.7 Å². The molecule has 1 saturated heterocycles. The highest BCUT2D eigenvalue weighted by atomic mass is 16.5. The molecule has 0 saturated carbocycles. The molecule has 3 heterocycles. The molecule has 5 rings (SSSR count). The van der Waals surface area contributed by atoms with Crippen LogP contribution in [0.2, 0.25) is 0 Å². The molecule has 282 valence electrons. The van der Waals surface area contributed by atoms with Crippen molar-refractivity contribution in [3.8, 4) is 17.2 Å². The summed E-state index contributed by atoms with van der Waals surface area (Å²) in [5, 5.41) is 5.56. The lowest BCUT2D eigenvalue weighted by Crippen LogP contribution is -2.49. The smallest absolute Gasteiger partial charge is 0.254 e. The molecule has 0 bridgehead atoms. The van der Waals surface area contributed by atoms with Gasteiger partial charge in [-0.15, -0.1) is 0 Å². The van der Waals surface area contributed by atoms with E-state index < -0.39 is 0 Å². The van der Waals surface area contributed by atoms with Gasteiger partial charge in [0, 0.05) is 62.8 Å². The Hall–Kier alpha value is -4.42. The van der Waals surface area contributed by atoms with Gasteiger partial charge in [-0.05, 0) is 91.0 Å². The lowest BCUT2D eigenvalue weighted by Gasteiger charge is -2.35. The van der Waals surface area contributed by atoms with E-state index in [-0.39, 0.29) is 5.91 Å². The third-order valence-corrected chi connectivity index (χ3v) is 9.62. The number of fused-ring (bicyclic) bond motifs is 1. The van der Waals surface area contributed by atoms with E-state index >= 15 is 0 Å². The van der Waals surface area contributed by atoms with Crippen molar-refractivity contribution in [3.05, 3.63) is 66.1 Å². The third kappa shape index (κ3) is 9.92. The van der Waals surface area contributed by atoms with Crippen molar-refractivity contribution in [2.75, 3.05) is 78.1 Å². The van der Waals surface area contributed by atoms with Gasteiger partial charge in [0.25, 0.3) is 5.91 Å². The van der Waals surface area contributed by atoms with E-state index in [1.165, 1.54) is 0 Å². The third-order valence-electron chi connectivity index (χ3n) is 9.62. The molecule has 0 spiro atoms. The van der Waals surface area contributed by atoms with Gasteiger partial charge in [0.15, 0.2) is 17.1 Å². The summed E-state index contributed by atoms with van der Waals surface area (Å²) in [6, 6.07) is 14.5. The first kappa shape index (κ1) is 38.8. The number of piperazine rings is 1. The lowest BCUT2D eigenvalue weighted by molar-refractivity contribution is 0.0745. The second kappa shape index (κ2) is 18.4. The van der Waals surface area contributed by atoms with Crippen LogP contribution in [0, 0.1) is 5.92 Å². The van der Waals surface area contributed by atoms with E-state index in [0.29, 0.717) is 87.6 Å². The average molecular weight is 715 g/mol. The summed E-state index contributed by atoms with van der Waals surface area (Å²) >= 11 is 0. The van der Waals surface area contributed by atoms with Gasteiger partial charge in [-0.1, -0.05) is 19.1 Å². The summed E-state index contributed by atoms with van der Waals surface area (Å²) < 4.78 is 20.3. The maximum atomic E-state index is 13.9. The van der Waals surface area contributed by atoms with E-state index in [4.69, 9.17) is 14.2 Å². The van der Waals surface area contributed by atoms with E-state index in [1.54, 1.807) is 6.33 Å². The maximum Gasteiger partial charge on any atom is 0.254 e. The largest absolute Gasteiger partial charge is 0.494 e. The molecule has 1 atom stereocenters. The Kier molecular flexibility index (Phi) is 13.7. The topological polar surface area (TPSA) is 101 Å². The molecule has 4 aromatic rings. The number of carbonyl (C=O) groups is 1. The molecule has 1 unspecified atom stereocenters. The van der Waals surface area contributed by atoms with Gasteiger partial charge < -0.3 is 28.9 Å². The van der Waals surface area contributed by atoms with E-state index in [1.807, 2.05) is 59.1 Å². The molecule has 0 N–H and O–H groups in total. The summed E-state index contributed by atoms with van der Waals surface area (Å²) in [5.41, 5.74) is 2.45. The van der Waals surface area contributed by atoms with Crippen molar-refractivity contribution < 1.29 is 19.0 Å². The van der Waals surface area contributed by atoms with Gasteiger partial charge >= 0.3 is 0 Å². The molecule has 52 heavy (non-hydrogen) atoms. The number of amides is 1. The maximum absolute atomic E-state index is 13.9. The number of hydrogen-bond donors (Lipinski definition) is 0. The van der Waals surface area contributed by atoms with Crippen LogP contribution >= 0.6 is 0 Å². The molecular formula is C40H58N8O4. The summed E-state index contributed by atoms with van der Waals surface area (Å²) in [7, 11) is 4.17. The molecule has 0 aliphatic carbocycles. The van der Waals surface area contributed by atoms with Gasteiger partial charge in [0.2, 0.25) is 0 Å². The number of anilines is 1. The Labute approximate surface area is 309 Å². The molecule has 1 fully saturated rings. The predicted octanol–water partition coefficient (Wildman–Crippen LogP) is 5.70. The van der Waals surface area contributed by atoms with Crippen LogP contribution in [0.1, 0.15) is 63.9 Å². The summed E-state index contributed by atoms with van der Waals surface area (Å²) in [4.78, 5) is 31.9. The molecule has 0 radical (unpaired) electrons. The van der Waals surface area contributed by atoms with Gasteiger partial charge in [-0.25, -0.2) is 14.6 Å². The summed E-state index contributed by atoms with van der Waals surface area (Å²) in [5.74, 6) is 3.33. The Balaban J connectivity index is 1.26. The molecular weight excluding hydrogens is 656 g/mol. The first-order valence-electron chi connectivity index (χ1n) is 18.8. The normalized spacial score (nSPS) is 14.2. The highest BCUT2D eigenvalue weighted by molar-refractivity contribution is 5.95. The number of ether oxygens (including phenoxy) is 3. The first-order valence-corrected chi connectivity index (χ1v) is 18.8. The van der Waals surface area contributed by atoms with Gasteiger partial charge in [0.1, 0.15) is 24.5 Å². The zero-order valence-electron chi connectivity index (χ0n) is 32.4. The molecule has 12 nitrogen and oxygen atoms in total. The van der Waals surface area contributed by atoms with Crippen molar-refractivity contribution in [2.45, 2.75) is 66.6 Å². The fourth-order valence-electron chi connectivity index (χ4n) is 6.90. The minimum atomic E-state index is -0.0176. The highest BCUT2D eigenvalue weighted by Gasteiger charge is 2.26. The van der Waals surface area contributed by atoms with Gasteiger partial charge in [-0.3, -0.25) is 9.69 Å². The molecule has 12 heteroatoms. The Morgan fingerprint density at radius 2 is 1.67 bits per heavy atom. The van der Waals surface area contributed by atoms with Crippen molar-refractivity contribution >= 4 is 22.8 Å². The van der Waals surface area contributed by atoms with Crippen LogP contribution < -0.4 is 19.1 Å². The van der Waals surface area contributed by atoms with Crippen molar-refractivity contribution in [1.29, 1.82) is 0 Å². The predicted molar refractivity (Wildman–Crippen MR) is 207 cm³/mol. The van der Waals surface area contributed by atoms with Crippen LogP contribution in [-0.4, -0.2) is 126 Å². The second-order valence-corrected chi connectivity index (χ2v) is 14.4. The minimum absolute atomic E-state index is 0.0176. The van der Waals surface area contributed by atoms with Crippen LogP contribution in [-0.2, 0) is 6.54 Å². The number of rotatable bonds is 18. The zero-order chi connectivity index (χ0) is 37.2. The molecule has 1 aliphatic rings. The standard InChI is InChI=1S/C40H58N8O4/c1-9-31(25-44(7)8)27-52-36-15-14-33(23-37(36)51-21-20-47(29(3)4)30(5)6)40(49)46-18-16-45(17-19-46)38-35-24-43-48(39(35)42-28-41-38)26-32-12-11-13-34(22-32)50-10-2/h11-15,22-24,28-31H,9-10,16-21,25-27H2,1-8H3. The van der Waals surface area contributed by atoms with Crippen LogP contribution in [0.3, 0.4) is 0 Å². The summed E-state index contributed by atoms with van der Waals surface area (Å²) in [6.45, 7) is 19.4.